The van der Waals surface area contributed by atoms with E-state index in [0.717, 1.165) is 24.5 Å². The first-order chi connectivity index (χ1) is 11.0. The van der Waals surface area contributed by atoms with Crippen LogP contribution in [0.1, 0.15) is 35.7 Å². The van der Waals surface area contributed by atoms with E-state index in [1.807, 2.05) is 13.8 Å². The molecule has 5 nitrogen and oxygen atoms in total. The highest BCUT2D eigenvalue weighted by atomic mass is 19.1. The lowest BCUT2D eigenvalue weighted by atomic mass is 10.2. The van der Waals surface area contributed by atoms with Crippen LogP contribution < -0.4 is 10.2 Å². The maximum atomic E-state index is 12.9. The molecule has 0 aliphatic heterocycles. The fraction of sp³-hybridized carbons (Fsp3) is 0.353. The summed E-state index contributed by atoms with van der Waals surface area (Å²) in [4.78, 5) is 22.9. The molecule has 1 aromatic carbocycles. The summed E-state index contributed by atoms with van der Waals surface area (Å²) in [6.07, 6.45) is 0. The van der Waals surface area contributed by atoms with Crippen LogP contribution in [0.5, 0.6) is 0 Å². The van der Waals surface area contributed by atoms with Crippen LogP contribution in [0.3, 0.4) is 0 Å². The highest BCUT2D eigenvalue weighted by molar-refractivity contribution is 5.92. The summed E-state index contributed by atoms with van der Waals surface area (Å²) in [6, 6.07) is 7.72. The zero-order valence-corrected chi connectivity index (χ0v) is 13.6. The van der Waals surface area contributed by atoms with Crippen LogP contribution in [-0.2, 0) is 6.54 Å². The largest absolute Gasteiger partial charge is 0.357 e. The van der Waals surface area contributed by atoms with Gasteiger partial charge in [-0.05, 0) is 38.5 Å². The quantitative estimate of drug-likeness (QED) is 0.890. The third kappa shape index (κ3) is 4.48. The molecule has 0 atom stereocenters. The molecule has 0 radical (unpaired) electrons. The summed E-state index contributed by atoms with van der Waals surface area (Å²) >= 11 is 0. The summed E-state index contributed by atoms with van der Waals surface area (Å²) < 4.78 is 12.9. The van der Waals surface area contributed by atoms with Crippen LogP contribution in [0.2, 0.25) is 0 Å². The van der Waals surface area contributed by atoms with Crippen molar-refractivity contribution in [2.24, 2.45) is 0 Å². The van der Waals surface area contributed by atoms with Gasteiger partial charge in [0.1, 0.15) is 23.2 Å². The second kappa shape index (κ2) is 7.67. The van der Waals surface area contributed by atoms with E-state index in [4.69, 9.17) is 0 Å². The summed E-state index contributed by atoms with van der Waals surface area (Å²) in [5.74, 6) is 0.736. The molecule has 1 amide bonds. The van der Waals surface area contributed by atoms with Crippen molar-refractivity contribution in [1.29, 1.82) is 0 Å². The van der Waals surface area contributed by atoms with Crippen molar-refractivity contribution in [3.8, 4) is 0 Å². The van der Waals surface area contributed by atoms with E-state index in [-0.39, 0.29) is 11.7 Å². The Labute approximate surface area is 135 Å². The number of rotatable bonds is 6. The predicted molar refractivity (Wildman–Crippen MR) is 87.9 cm³/mol. The predicted octanol–water partition coefficient (Wildman–Crippen LogP) is 2.70. The van der Waals surface area contributed by atoms with Gasteiger partial charge in [0.25, 0.3) is 5.91 Å². The van der Waals surface area contributed by atoms with Gasteiger partial charge >= 0.3 is 0 Å². The Kier molecular flexibility index (Phi) is 5.62. The number of hydrogen-bond acceptors (Lipinski definition) is 4. The Morgan fingerprint density at radius 3 is 2.43 bits per heavy atom. The minimum atomic E-state index is -0.296. The van der Waals surface area contributed by atoms with Gasteiger partial charge in [0, 0.05) is 25.7 Å². The van der Waals surface area contributed by atoms with Gasteiger partial charge < -0.3 is 10.2 Å². The Morgan fingerprint density at radius 1 is 1.17 bits per heavy atom. The van der Waals surface area contributed by atoms with E-state index in [1.165, 1.54) is 12.1 Å². The van der Waals surface area contributed by atoms with Crippen molar-refractivity contribution in [2.45, 2.75) is 27.3 Å². The summed E-state index contributed by atoms with van der Waals surface area (Å²) in [5.41, 5.74) is 1.16. The second-order valence-corrected chi connectivity index (χ2v) is 5.14. The molecule has 122 valence electrons. The highest BCUT2D eigenvalue weighted by Gasteiger charge is 2.13. The van der Waals surface area contributed by atoms with Gasteiger partial charge in [-0.25, -0.2) is 14.4 Å². The van der Waals surface area contributed by atoms with E-state index in [2.05, 4.69) is 20.2 Å². The van der Waals surface area contributed by atoms with E-state index < -0.39 is 0 Å². The molecule has 6 heteroatoms. The van der Waals surface area contributed by atoms with Gasteiger partial charge in [0.15, 0.2) is 0 Å². The fourth-order valence-corrected chi connectivity index (χ4v) is 2.25. The van der Waals surface area contributed by atoms with E-state index in [0.29, 0.717) is 18.1 Å². The number of carbonyl (C=O) groups excluding carboxylic acids is 1. The van der Waals surface area contributed by atoms with Crippen LogP contribution in [0.25, 0.3) is 0 Å². The summed E-state index contributed by atoms with van der Waals surface area (Å²) in [7, 11) is 0. The third-order valence-electron chi connectivity index (χ3n) is 3.51. The number of aromatic nitrogens is 2. The van der Waals surface area contributed by atoms with Gasteiger partial charge in [-0.1, -0.05) is 12.1 Å². The lowest BCUT2D eigenvalue weighted by Crippen LogP contribution is -2.27. The second-order valence-electron chi connectivity index (χ2n) is 5.14. The monoisotopic (exact) mass is 316 g/mol. The molecule has 2 aromatic rings. The smallest absolute Gasteiger partial charge is 0.270 e. The maximum Gasteiger partial charge on any atom is 0.270 e. The summed E-state index contributed by atoms with van der Waals surface area (Å²) in [5, 5.41) is 2.79. The van der Waals surface area contributed by atoms with Gasteiger partial charge in [-0.2, -0.15) is 0 Å². The topological polar surface area (TPSA) is 58.1 Å². The number of halogens is 1. The minimum Gasteiger partial charge on any atom is -0.357 e. The van der Waals surface area contributed by atoms with Crippen molar-refractivity contribution in [2.75, 3.05) is 18.0 Å². The zero-order valence-electron chi connectivity index (χ0n) is 13.6. The number of anilines is 1. The van der Waals surface area contributed by atoms with Crippen LogP contribution in [0, 0.1) is 12.7 Å². The Hall–Kier alpha value is -2.50. The number of carbonyl (C=O) groups is 1. The molecule has 1 aromatic heterocycles. The molecule has 0 bridgehead atoms. The van der Waals surface area contributed by atoms with E-state index >= 15 is 0 Å². The number of hydrogen-bond donors (Lipinski definition) is 1. The molecule has 0 unspecified atom stereocenters. The lowest BCUT2D eigenvalue weighted by Gasteiger charge is -2.20. The SMILES string of the molecule is CCN(CC)c1cc(C(=O)NCc2ccc(F)cc2)nc(C)n1. The fourth-order valence-electron chi connectivity index (χ4n) is 2.25. The zero-order chi connectivity index (χ0) is 16.8. The van der Waals surface area contributed by atoms with Crippen LogP contribution in [0.4, 0.5) is 10.2 Å². The molecule has 0 saturated heterocycles. The molecule has 1 N–H and O–H groups in total. The molecule has 0 aliphatic rings. The number of nitrogens with one attached hydrogen (secondary N) is 1. The molecular formula is C17H21FN4O. The standard InChI is InChI=1S/C17H21FN4O/c1-4-22(5-2)16-10-15(20-12(3)21-16)17(23)19-11-13-6-8-14(18)9-7-13/h6-10H,4-5,11H2,1-3H3,(H,19,23). The first-order valence-corrected chi connectivity index (χ1v) is 7.66. The van der Waals surface area contributed by atoms with Gasteiger partial charge in [0.2, 0.25) is 0 Å². The van der Waals surface area contributed by atoms with Gasteiger partial charge in [-0.3, -0.25) is 4.79 Å². The lowest BCUT2D eigenvalue weighted by molar-refractivity contribution is 0.0945. The number of amides is 1. The van der Waals surface area contributed by atoms with Crippen molar-refractivity contribution >= 4 is 11.7 Å². The van der Waals surface area contributed by atoms with E-state index in [9.17, 15) is 9.18 Å². The molecular weight excluding hydrogens is 295 g/mol. The number of nitrogens with zero attached hydrogens (tertiary/aromatic N) is 3. The van der Waals surface area contributed by atoms with Crippen LogP contribution >= 0.6 is 0 Å². The Bertz CT molecular complexity index is 669. The average molecular weight is 316 g/mol. The van der Waals surface area contributed by atoms with Crippen molar-refractivity contribution in [1.82, 2.24) is 15.3 Å². The van der Waals surface area contributed by atoms with Crippen molar-refractivity contribution < 1.29 is 9.18 Å². The number of aryl methyl sites for hydroxylation is 1. The Balaban J connectivity index is 2.10. The molecule has 23 heavy (non-hydrogen) atoms. The third-order valence-corrected chi connectivity index (χ3v) is 3.51. The van der Waals surface area contributed by atoms with Crippen LogP contribution in [0.15, 0.2) is 30.3 Å². The minimum absolute atomic E-state index is 0.270. The first kappa shape index (κ1) is 16.9. The molecule has 0 aliphatic carbocycles. The molecule has 2 rings (SSSR count). The Morgan fingerprint density at radius 2 is 1.83 bits per heavy atom. The molecule has 0 saturated carbocycles. The van der Waals surface area contributed by atoms with E-state index in [1.54, 1.807) is 25.1 Å². The van der Waals surface area contributed by atoms with Gasteiger partial charge in [-0.15, -0.1) is 0 Å². The normalized spacial score (nSPS) is 10.4. The first-order valence-electron chi connectivity index (χ1n) is 7.66. The van der Waals surface area contributed by atoms with Crippen molar-refractivity contribution in [3.63, 3.8) is 0 Å². The average Bonchev–Trinajstić information content (AvgIpc) is 2.54. The highest BCUT2D eigenvalue weighted by Crippen LogP contribution is 2.12. The van der Waals surface area contributed by atoms with Crippen molar-refractivity contribution in [3.05, 3.63) is 53.2 Å². The van der Waals surface area contributed by atoms with Crippen LogP contribution in [-0.4, -0.2) is 29.0 Å². The summed E-state index contributed by atoms with van der Waals surface area (Å²) in [6.45, 7) is 7.78. The maximum absolute atomic E-state index is 12.9. The molecule has 0 fully saturated rings. The number of benzene rings is 1. The molecule has 1 heterocycles. The molecule has 0 spiro atoms. The van der Waals surface area contributed by atoms with Gasteiger partial charge in [0.05, 0.1) is 0 Å².